The molecule has 0 aromatic heterocycles. The Labute approximate surface area is 181 Å². The molecule has 1 aliphatic rings. The summed E-state index contributed by atoms with van der Waals surface area (Å²) in [4.78, 5) is 29.2. The Hall–Kier alpha value is -3.47. The molecule has 1 fully saturated rings. The van der Waals surface area contributed by atoms with E-state index < -0.39 is 5.82 Å². The summed E-state index contributed by atoms with van der Waals surface area (Å²) < 4.78 is 13.7. The minimum absolute atomic E-state index is 0.141. The predicted molar refractivity (Wildman–Crippen MR) is 119 cm³/mol. The molecule has 5 heteroatoms. The number of carbonyl (C=O) groups is 2. The summed E-state index contributed by atoms with van der Waals surface area (Å²) in [7, 11) is 0. The minimum atomic E-state index is -0.443. The number of hydrogen-bond acceptors (Lipinski definition) is 2. The van der Waals surface area contributed by atoms with Gasteiger partial charge in [-0.3, -0.25) is 9.59 Å². The van der Waals surface area contributed by atoms with E-state index in [1.165, 1.54) is 18.2 Å². The quantitative estimate of drug-likeness (QED) is 0.577. The van der Waals surface area contributed by atoms with E-state index in [9.17, 15) is 14.0 Å². The van der Waals surface area contributed by atoms with Crippen molar-refractivity contribution >= 4 is 17.5 Å². The zero-order valence-corrected chi connectivity index (χ0v) is 17.3. The molecule has 0 saturated carbocycles. The lowest BCUT2D eigenvalue weighted by Crippen LogP contribution is -2.30. The third kappa shape index (κ3) is 5.18. The van der Waals surface area contributed by atoms with Crippen LogP contribution in [0.2, 0.25) is 0 Å². The fraction of sp³-hybridized carbons (Fsp3) is 0.231. The molecule has 0 aliphatic carbocycles. The molecule has 1 aliphatic heterocycles. The molecule has 3 aromatic carbocycles. The monoisotopic (exact) mass is 416 g/mol. The lowest BCUT2D eigenvalue weighted by molar-refractivity contribution is -0.129. The average Bonchev–Trinajstić information content (AvgIpc) is 3.34. The molecule has 0 bridgehead atoms. The number of benzene rings is 3. The molecular weight excluding hydrogens is 391 g/mol. The summed E-state index contributed by atoms with van der Waals surface area (Å²) in [5.41, 5.74) is 2.89. The van der Waals surface area contributed by atoms with Crippen molar-refractivity contribution in [3.63, 3.8) is 0 Å². The van der Waals surface area contributed by atoms with Gasteiger partial charge in [0.05, 0.1) is 13.0 Å². The lowest BCUT2D eigenvalue weighted by Gasteiger charge is -2.24. The first-order valence-electron chi connectivity index (χ1n) is 10.6. The standard InChI is InChI=1S/C26H25FN2O2/c27-23-10-6-9-22(18-23)26(31)29(19-21-7-2-1-3-8-21)24-13-11-20(12-14-24)17-25(30)28-15-4-5-16-28/h1-3,6-14,18H,4-5,15-17,19H2. The van der Waals surface area contributed by atoms with Gasteiger partial charge in [0, 0.05) is 24.3 Å². The Morgan fingerprint density at radius 1 is 0.839 bits per heavy atom. The number of nitrogens with zero attached hydrogens (tertiary/aromatic N) is 2. The maximum Gasteiger partial charge on any atom is 0.258 e. The van der Waals surface area contributed by atoms with Gasteiger partial charge in [0.25, 0.3) is 5.91 Å². The van der Waals surface area contributed by atoms with Crippen molar-refractivity contribution in [1.82, 2.24) is 4.90 Å². The van der Waals surface area contributed by atoms with Gasteiger partial charge in [0.2, 0.25) is 5.91 Å². The summed E-state index contributed by atoms with van der Waals surface area (Å²) in [5.74, 6) is -0.576. The second-order valence-corrected chi connectivity index (χ2v) is 7.82. The fourth-order valence-corrected chi connectivity index (χ4v) is 3.87. The number of hydrogen-bond donors (Lipinski definition) is 0. The Bertz CT molecular complexity index is 1040. The van der Waals surface area contributed by atoms with Crippen LogP contribution in [0.15, 0.2) is 78.9 Å². The predicted octanol–water partition coefficient (Wildman–Crippen LogP) is 4.84. The third-order valence-corrected chi connectivity index (χ3v) is 5.56. The number of anilines is 1. The third-order valence-electron chi connectivity index (χ3n) is 5.56. The van der Waals surface area contributed by atoms with E-state index in [-0.39, 0.29) is 11.8 Å². The molecule has 1 heterocycles. The van der Waals surface area contributed by atoms with Crippen LogP contribution < -0.4 is 4.90 Å². The van der Waals surface area contributed by atoms with Gasteiger partial charge in [-0.2, -0.15) is 0 Å². The topological polar surface area (TPSA) is 40.6 Å². The van der Waals surface area contributed by atoms with Gasteiger partial charge in [-0.1, -0.05) is 48.5 Å². The van der Waals surface area contributed by atoms with Crippen LogP contribution in [0.1, 0.15) is 34.3 Å². The van der Waals surface area contributed by atoms with Crippen LogP contribution in [-0.4, -0.2) is 29.8 Å². The normalized spacial score (nSPS) is 13.3. The first-order valence-corrected chi connectivity index (χ1v) is 10.6. The van der Waals surface area contributed by atoms with Crippen LogP contribution in [-0.2, 0) is 17.8 Å². The van der Waals surface area contributed by atoms with Gasteiger partial charge in [-0.25, -0.2) is 4.39 Å². The second kappa shape index (κ2) is 9.56. The van der Waals surface area contributed by atoms with Crippen LogP contribution in [0.5, 0.6) is 0 Å². The molecule has 0 atom stereocenters. The Morgan fingerprint density at radius 3 is 2.23 bits per heavy atom. The first-order chi connectivity index (χ1) is 15.1. The molecule has 0 N–H and O–H groups in total. The van der Waals surface area contributed by atoms with Crippen LogP contribution in [0.25, 0.3) is 0 Å². The molecule has 2 amide bonds. The van der Waals surface area contributed by atoms with Crippen molar-refractivity contribution in [3.05, 3.63) is 101 Å². The molecule has 4 nitrogen and oxygen atoms in total. The maximum absolute atomic E-state index is 13.7. The molecule has 0 spiro atoms. The molecule has 158 valence electrons. The van der Waals surface area contributed by atoms with E-state index in [1.54, 1.807) is 11.0 Å². The highest BCUT2D eigenvalue weighted by Crippen LogP contribution is 2.22. The van der Waals surface area contributed by atoms with E-state index in [0.717, 1.165) is 37.1 Å². The molecule has 3 aromatic rings. The summed E-state index contributed by atoms with van der Waals surface area (Å²) in [6.07, 6.45) is 2.50. The van der Waals surface area contributed by atoms with Crippen LogP contribution in [0.4, 0.5) is 10.1 Å². The summed E-state index contributed by atoms with van der Waals surface area (Å²) in [6.45, 7) is 2.04. The molecule has 31 heavy (non-hydrogen) atoms. The second-order valence-electron chi connectivity index (χ2n) is 7.82. The van der Waals surface area contributed by atoms with Crippen molar-refractivity contribution in [2.45, 2.75) is 25.8 Å². The molecule has 0 radical (unpaired) electrons. The Morgan fingerprint density at radius 2 is 1.55 bits per heavy atom. The molecular formula is C26H25FN2O2. The lowest BCUT2D eigenvalue weighted by atomic mass is 10.1. The van der Waals surface area contributed by atoms with Crippen LogP contribution >= 0.6 is 0 Å². The van der Waals surface area contributed by atoms with E-state index in [1.807, 2.05) is 59.5 Å². The van der Waals surface area contributed by atoms with Gasteiger partial charge in [-0.15, -0.1) is 0 Å². The highest BCUT2D eigenvalue weighted by atomic mass is 19.1. The van der Waals surface area contributed by atoms with E-state index >= 15 is 0 Å². The fourth-order valence-electron chi connectivity index (χ4n) is 3.87. The highest BCUT2D eigenvalue weighted by Gasteiger charge is 2.20. The summed E-state index contributed by atoms with van der Waals surface area (Å²) >= 11 is 0. The largest absolute Gasteiger partial charge is 0.342 e. The van der Waals surface area contributed by atoms with Crippen molar-refractivity contribution in [1.29, 1.82) is 0 Å². The van der Waals surface area contributed by atoms with Crippen LogP contribution in [0.3, 0.4) is 0 Å². The van der Waals surface area contributed by atoms with E-state index in [4.69, 9.17) is 0 Å². The first kappa shape index (κ1) is 20.8. The van der Waals surface area contributed by atoms with E-state index in [2.05, 4.69) is 0 Å². The zero-order chi connectivity index (χ0) is 21.6. The van der Waals surface area contributed by atoms with Gasteiger partial charge >= 0.3 is 0 Å². The van der Waals surface area contributed by atoms with Gasteiger partial charge < -0.3 is 9.80 Å². The summed E-state index contributed by atoms with van der Waals surface area (Å²) in [5, 5.41) is 0. The average molecular weight is 416 g/mol. The molecule has 0 unspecified atom stereocenters. The zero-order valence-electron chi connectivity index (χ0n) is 17.3. The van der Waals surface area contributed by atoms with Crippen molar-refractivity contribution in [3.8, 4) is 0 Å². The number of halogens is 1. The number of likely N-dealkylation sites (tertiary alicyclic amines) is 1. The van der Waals surface area contributed by atoms with Crippen molar-refractivity contribution in [2.24, 2.45) is 0 Å². The molecule has 4 rings (SSSR count). The Balaban J connectivity index is 1.57. The van der Waals surface area contributed by atoms with E-state index in [0.29, 0.717) is 24.2 Å². The summed E-state index contributed by atoms with van der Waals surface area (Å²) in [6, 6.07) is 22.9. The smallest absolute Gasteiger partial charge is 0.258 e. The van der Waals surface area contributed by atoms with Crippen LogP contribution in [0, 0.1) is 5.82 Å². The van der Waals surface area contributed by atoms with Crippen molar-refractivity contribution in [2.75, 3.05) is 18.0 Å². The SMILES string of the molecule is O=C(Cc1ccc(N(Cc2ccccc2)C(=O)c2cccc(F)c2)cc1)N1CCCC1. The Kier molecular flexibility index (Phi) is 6.41. The number of rotatable bonds is 6. The highest BCUT2D eigenvalue weighted by molar-refractivity contribution is 6.06. The van der Waals surface area contributed by atoms with Crippen molar-refractivity contribution < 1.29 is 14.0 Å². The number of amides is 2. The van der Waals surface area contributed by atoms with Gasteiger partial charge in [0.1, 0.15) is 5.82 Å². The minimum Gasteiger partial charge on any atom is -0.342 e. The van der Waals surface area contributed by atoms with Gasteiger partial charge in [0.15, 0.2) is 0 Å². The van der Waals surface area contributed by atoms with Gasteiger partial charge in [-0.05, 0) is 54.3 Å². The molecule has 1 saturated heterocycles. The maximum atomic E-state index is 13.7. The number of carbonyl (C=O) groups excluding carboxylic acids is 2.